The molecule has 2 unspecified atom stereocenters. The van der Waals surface area contributed by atoms with E-state index in [1.807, 2.05) is 6.20 Å². The van der Waals surface area contributed by atoms with Gasteiger partial charge < -0.3 is 15.0 Å². The zero-order valence-corrected chi connectivity index (χ0v) is 13.3. The third-order valence-corrected chi connectivity index (χ3v) is 5.30. The number of hydrogen-bond acceptors (Lipinski definition) is 4. The summed E-state index contributed by atoms with van der Waals surface area (Å²) >= 11 is 1.72. The lowest BCUT2D eigenvalue weighted by atomic mass is 9.98. The second kappa shape index (κ2) is 6.30. The van der Waals surface area contributed by atoms with Gasteiger partial charge in [-0.25, -0.2) is 4.98 Å². The molecule has 1 fully saturated rings. The minimum Gasteiger partial charge on any atom is -0.394 e. The van der Waals surface area contributed by atoms with Crippen LogP contribution in [-0.2, 0) is 0 Å². The number of aliphatic hydroxyl groups is 1. The first-order chi connectivity index (χ1) is 10.3. The fraction of sp³-hybridized carbons (Fsp3) is 0.562. The van der Waals surface area contributed by atoms with Crippen molar-refractivity contribution in [1.82, 2.24) is 14.9 Å². The van der Waals surface area contributed by atoms with Crippen LogP contribution in [0.5, 0.6) is 0 Å². The standard InChI is InChI=1S/C16H23N3OS/c1-2-7-18-16(12-20)6-5-13(11-16)19-9-8-17-15(19)14-4-3-10-21-14/h3-4,8-10,13,18,20H,2,5-7,11-12H2,1H3. The van der Waals surface area contributed by atoms with Crippen LogP contribution in [0.3, 0.4) is 0 Å². The van der Waals surface area contributed by atoms with E-state index in [1.165, 1.54) is 4.88 Å². The van der Waals surface area contributed by atoms with Crippen LogP contribution in [0.1, 0.15) is 38.6 Å². The molecule has 0 aliphatic heterocycles. The summed E-state index contributed by atoms with van der Waals surface area (Å²) < 4.78 is 2.29. The molecule has 0 amide bonds. The Balaban J connectivity index is 1.79. The summed E-state index contributed by atoms with van der Waals surface area (Å²) in [4.78, 5) is 5.74. The summed E-state index contributed by atoms with van der Waals surface area (Å²) in [6, 6.07) is 4.60. The lowest BCUT2D eigenvalue weighted by molar-refractivity contribution is 0.161. The largest absolute Gasteiger partial charge is 0.394 e. The molecule has 2 N–H and O–H groups in total. The maximum atomic E-state index is 9.83. The minimum absolute atomic E-state index is 0.113. The van der Waals surface area contributed by atoms with Crippen molar-refractivity contribution in [2.24, 2.45) is 0 Å². The van der Waals surface area contributed by atoms with Crippen molar-refractivity contribution in [3.63, 3.8) is 0 Å². The molecule has 4 nitrogen and oxygen atoms in total. The number of nitrogens with one attached hydrogen (secondary N) is 1. The summed E-state index contributed by atoms with van der Waals surface area (Å²) in [6.07, 6.45) is 8.14. The molecule has 0 bridgehead atoms. The SMILES string of the molecule is CCCNC1(CO)CCC(n2ccnc2-c2cccs2)C1. The first kappa shape index (κ1) is 14.8. The van der Waals surface area contributed by atoms with Gasteiger partial charge in [-0.1, -0.05) is 13.0 Å². The molecule has 2 aromatic heterocycles. The van der Waals surface area contributed by atoms with Crippen LogP contribution >= 0.6 is 11.3 Å². The molecular formula is C16H23N3OS. The second-order valence-electron chi connectivity index (χ2n) is 5.90. The van der Waals surface area contributed by atoms with Crippen LogP contribution in [0.2, 0.25) is 0 Å². The average Bonchev–Trinajstić information content (AvgIpc) is 3.23. The number of rotatable bonds is 6. The normalized spacial score (nSPS) is 25.5. The lowest BCUT2D eigenvalue weighted by Crippen LogP contribution is -2.46. The van der Waals surface area contributed by atoms with Crippen LogP contribution < -0.4 is 5.32 Å². The number of imidazole rings is 1. The van der Waals surface area contributed by atoms with Gasteiger partial charge in [-0.05, 0) is 43.7 Å². The van der Waals surface area contributed by atoms with Crippen molar-refractivity contribution in [1.29, 1.82) is 0 Å². The highest BCUT2D eigenvalue weighted by atomic mass is 32.1. The van der Waals surface area contributed by atoms with Gasteiger partial charge in [0.25, 0.3) is 0 Å². The van der Waals surface area contributed by atoms with E-state index in [0.29, 0.717) is 6.04 Å². The maximum absolute atomic E-state index is 9.83. The second-order valence-corrected chi connectivity index (χ2v) is 6.84. The Labute approximate surface area is 129 Å². The molecule has 0 radical (unpaired) electrons. The molecule has 3 rings (SSSR count). The van der Waals surface area contributed by atoms with Crippen LogP contribution in [0, 0.1) is 0 Å². The predicted octanol–water partition coefficient (Wildman–Crippen LogP) is 3.07. The van der Waals surface area contributed by atoms with Gasteiger partial charge in [0.15, 0.2) is 0 Å². The third-order valence-electron chi connectivity index (χ3n) is 4.44. The van der Waals surface area contributed by atoms with Crippen molar-refractivity contribution in [2.45, 2.75) is 44.2 Å². The zero-order valence-electron chi connectivity index (χ0n) is 12.5. The highest BCUT2D eigenvalue weighted by Crippen LogP contribution is 2.39. The Morgan fingerprint density at radius 1 is 1.57 bits per heavy atom. The minimum atomic E-state index is -0.113. The van der Waals surface area contributed by atoms with Gasteiger partial charge in [0.2, 0.25) is 0 Å². The van der Waals surface area contributed by atoms with E-state index in [2.05, 4.69) is 45.5 Å². The van der Waals surface area contributed by atoms with Crippen molar-refractivity contribution < 1.29 is 5.11 Å². The fourth-order valence-electron chi connectivity index (χ4n) is 3.29. The molecule has 0 saturated heterocycles. The Hall–Kier alpha value is -1.17. The predicted molar refractivity (Wildman–Crippen MR) is 86.5 cm³/mol. The zero-order chi connectivity index (χ0) is 14.7. The Morgan fingerprint density at radius 2 is 2.48 bits per heavy atom. The average molecular weight is 305 g/mol. The molecular weight excluding hydrogens is 282 g/mol. The van der Waals surface area contributed by atoms with E-state index in [9.17, 15) is 5.11 Å². The molecule has 21 heavy (non-hydrogen) atoms. The van der Waals surface area contributed by atoms with Gasteiger partial charge in [-0.2, -0.15) is 0 Å². The Kier molecular flexibility index (Phi) is 4.42. The topological polar surface area (TPSA) is 50.1 Å². The highest BCUT2D eigenvalue weighted by Gasteiger charge is 2.39. The van der Waals surface area contributed by atoms with E-state index in [4.69, 9.17) is 0 Å². The van der Waals surface area contributed by atoms with Crippen molar-refractivity contribution in [3.8, 4) is 10.7 Å². The van der Waals surface area contributed by atoms with Gasteiger partial charge in [0.05, 0.1) is 11.5 Å². The third kappa shape index (κ3) is 2.91. The van der Waals surface area contributed by atoms with Gasteiger partial charge >= 0.3 is 0 Å². The van der Waals surface area contributed by atoms with Crippen LogP contribution in [0.4, 0.5) is 0 Å². The molecule has 114 valence electrons. The molecule has 2 heterocycles. The number of nitrogens with zero attached hydrogens (tertiary/aromatic N) is 2. The van der Waals surface area contributed by atoms with E-state index < -0.39 is 0 Å². The number of thiophene rings is 1. The van der Waals surface area contributed by atoms with Gasteiger partial charge in [-0.3, -0.25) is 0 Å². The van der Waals surface area contributed by atoms with Gasteiger partial charge in [0, 0.05) is 24.0 Å². The summed E-state index contributed by atoms with van der Waals surface area (Å²) in [5.41, 5.74) is -0.113. The summed E-state index contributed by atoms with van der Waals surface area (Å²) in [5.74, 6) is 1.05. The maximum Gasteiger partial charge on any atom is 0.150 e. The molecule has 5 heteroatoms. The summed E-state index contributed by atoms with van der Waals surface area (Å²) in [5, 5.41) is 15.5. The van der Waals surface area contributed by atoms with E-state index >= 15 is 0 Å². The first-order valence-corrected chi connectivity index (χ1v) is 8.58. The van der Waals surface area contributed by atoms with E-state index in [1.54, 1.807) is 11.3 Å². The van der Waals surface area contributed by atoms with Gasteiger partial charge in [0.1, 0.15) is 5.82 Å². The lowest BCUT2D eigenvalue weighted by Gasteiger charge is -2.29. The van der Waals surface area contributed by atoms with Crippen LogP contribution in [-0.4, -0.2) is 33.3 Å². The monoisotopic (exact) mass is 305 g/mol. The molecule has 1 aliphatic rings. The number of aromatic nitrogens is 2. The quantitative estimate of drug-likeness (QED) is 0.862. The smallest absolute Gasteiger partial charge is 0.150 e. The highest BCUT2D eigenvalue weighted by molar-refractivity contribution is 7.13. The van der Waals surface area contributed by atoms with E-state index in [-0.39, 0.29) is 12.1 Å². The number of hydrogen-bond donors (Lipinski definition) is 2. The Morgan fingerprint density at radius 3 is 3.19 bits per heavy atom. The van der Waals surface area contributed by atoms with E-state index in [0.717, 1.165) is 38.1 Å². The molecule has 1 aliphatic carbocycles. The van der Waals surface area contributed by atoms with Crippen molar-refractivity contribution in [2.75, 3.05) is 13.2 Å². The molecule has 1 saturated carbocycles. The number of aliphatic hydroxyl groups excluding tert-OH is 1. The van der Waals surface area contributed by atoms with Crippen LogP contribution in [0.15, 0.2) is 29.9 Å². The molecule has 0 spiro atoms. The van der Waals surface area contributed by atoms with Crippen LogP contribution in [0.25, 0.3) is 10.7 Å². The molecule has 2 aromatic rings. The fourth-order valence-corrected chi connectivity index (χ4v) is 4.01. The first-order valence-electron chi connectivity index (χ1n) is 7.70. The summed E-state index contributed by atoms with van der Waals surface area (Å²) in [7, 11) is 0. The van der Waals surface area contributed by atoms with Crippen molar-refractivity contribution in [3.05, 3.63) is 29.9 Å². The molecule has 0 aromatic carbocycles. The van der Waals surface area contributed by atoms with Crippen molar-refractivity contribution >= 4 is 11.3 Å². The molecule has 2 atom stereocenters. The van der Waals surface area contributed by atoms with Gasteiger partial charge in [-0.15, -0.1) is 11.3 Å². The Bertz CT molecular complexity index is 566. The summed E-state index contributed by atoms with van der Waals surface area (Å²) in [6.45, 7) is 3.34.